The van der Waals surface area contributed by atoms with Crippen molar-refractivity contribution < 1.29 is 18.8 Å². The van der Waals surface area contributed by atoms with Crippen molar-refractivity contribution in [2.75, 3.05) is 18.5 Å². The van der Waals surface area contributed by atoms with Crippen LogP contribution >= 0.6 is 0 Å². The molecule has 32 heavy (non-hydrogen) atoms. The number of amides is 2. The van der Waals surface area contributed by atoms with Gasteiger partial charge in [-0.2, -0.15) is 4.98 Å². The molecule has 2 amide bonds. The van der Waals surface area contributed by atoms with Crippen LogP contribution in [-0.4, -0.2) is 51.4 Å². The highest BCUT2D eigenvalue weighted by atomic mass is 16.6. The van der Waals surface area contributed by atoms with Crippen LogP contribution in [0.15, 0.2) is 47.2 Å². The zero-order chi connectivity index (χ0) is 21.5. The van der Waals surface area contributed by atoms with Crippen LogP contribution in [0.3, 0.4) is 0 Å². The number of benzene rings is 1. The predicted molar refractivity (Wildman–Crippen MR) is 115 cm³/mol. The standard InChI is InChI=1S/C23H23N5O4/c29-23(25-16-3-6-19-20(12-16)31-9-8-30-19)28-17-4-5-18(28)11-15(10-17)22-26-21(27-32-22)14-2-1-7-24-13-14/h1-3,6-7,12-13,15,17-18H,4-5,8-11H2,(H,25,29). The molecule has 0 radical (unpaired) electrons. The van der Waals surface area contributed by atoms with E-state index < -0.39 is 0 Å². The molecule has 0 spiro atoms. The zero-order valence-electron chi connectivity index (χ0n) is 17.4. The monoisotopic (exact) mass is 433 g/mol. The molecular weight excluding hydrogens is 410 g/mol. The Bertz CT molecular complexity index is 1120. The second-order valence-electron chi connectivity index (χ2n) is 8.45. The van der Waals surface area contributed by atoms with Gasteiger partial charge in [0, 0.05) is 47.7 Å². The Hall–Kier alpha value is -3.62. The average Bonchev–Trinajstić information content (AvgIpc) is 3.42. The van der Waals surface area contributed by atoms with E-state index in [9.17, 15) is 4.79 Å². The van der Waals surface area contributed by atoms with E-state index in [1.165, 1.54) is 0 Å². The fourth-order valence-electron chi connectivity index (χ4n) is 5.03. The molecule has 3 aliphatic heterocycles. The van der Waals surface area contributed by atoms with Gasteiger partial charge in [0.05, 0.1) is 0 Å². The molecule has 1 aromatic carbocycles. The summed E-state index contributed by atoms with van der Waals surface area (Å²) < 4.78 is 16.8. The molecule has 3 aromatic rings. The summed E-state index contributed by atoms with van der Waals surface area (Å²) in [5, 5.41) is 7.17. The minimum Gasteiger partial charge on any atom is -0.486 e. The van der Waals surface area contributed by atoms with Gasteiger partial charge in [0.1, 0.15) is 13.2 Å². The quantitative estimate of drug-likeness (QED) is 0.669. The number of urea groups is 1. The summed E-state index contributed by atoms with van der Waals surface area (Å²) in [7, 11) is 0. The van der Waals surface area contributed by atoms with Crippen molar-refractivity contribution in [3.8, 4) is 22.9 Å². The highest BCUT2D eigenvalue weighted by molar-refractivity contribution is 5.90. The summed E-state index contributed by atoms with van der Waals surface area (Å²) in [6, 6.07) is 9.50. The molecule has 2 unspecified atom stereocenters. The van der Waals surface area contributed by atoms with Gasteiger partial charge in [-0.05, 0) is 49.9 Å². The van der Waals surface area contributed by atoms with Crippen molar-refractivity contribution >= 4 is 11.7 Å². The van der Waals surface area contributed by atoms with E-state index in [0.29, 0.717) is 42.1 Å². The number of ether oxygens (including phenoxy) is 2. The van der Waals surface area contributed by atoms with Gasteiger partial charge in [-0.25, -0.2) is 4.79 Å². The number of hydrogen-bond donors (Lipinski definition) is 1. The van der Waals surface area contributed by atoms with E-state index in [1.807, 2.05) is 35.2 Å². The van der Waals surface area contributed by atoms with Crippen molar-refractivity contribution in [1.82, 2.24) is 20.0 Å². The molecule has 0 saturated carbocycles. The number of rotatable bonds is 3. The lowest BCUT2D eigenvalue weighted by Gasteiger charge is -2.37. The van der Waals surface area contributed by atoms with Crippen LogP contribution in [0.5, 0.6) is 11.5 Å². The summed E-state index contributed by atoms with van der Waals surface area (Å²) in [4.78, 5) is 23.8. The third kappa shape index (κ3) is 3.43. The van der Waals surface area contributed by atoms with Crippen LogP contribution in [0.25, 0.3) is 11.4 Å². The number of carbonyl (C=O) groups is 1. The fourth-order valence-corrected chi connectivity index (χ4v) is 5.03. The number of carbonyl (C=O) groups excluding carboxylic acids is 1. The molecule has 5 heterocycles. The number of nitrogens with one attached hydrogen (secondary N) is 1. The molecule has 2 atom stereocenters. The number of piperidine rings is 1. The first kappa shape index (κ1) is 19.1. The minimum absolute atomic E-state index is 0.0748. The predicted octanol–water partition coefficient (Wildman–Crippen LogP) is 3.85. The summed E-state index contributed by atoms with van der Waals surface area (Å²) in [6.45, 7) is 1.06. The van der Waals surface area contributed by atoms with E-state index >= 15 is 0 Å². The summed E-state index contributed by atoms with van der Waals surface area (Å²) >= 11 is 0. The molecule has 164 valence electrons. The zero-order valence-corrected chi connectivity index (χ0v) is 17.4. The van der Waals surface area contributed by atoms with Crippen LogP contribution in [0.2, 0.25) is 0 Å². The largest absolute Gasteiger partial charge is 0.486 e. The molecular formula is C23H23N5O4. The summed E-state index contributed by atoms with van der Waals surface area (Å²) in [5.41, 5.74) is 1.54. The maximum atomic E-state index is 13.1. The first-order valence-electron chi connectivity index (χ1n) is 11.0. The average molecular weight is 433 g/mol. The third-order valence-corrected chi connectivity index (χ3v) is 6.47. The van der Waals surface area contributed by atoms with Crippen molar-refractivity contribution in [1.29, 1.82) is 0 Å². The highest BCUT2D eigenvalue weighted by Gasteiger charge is 2.45. The van der Waals surface area contributed by atoms with Crippen molar-refractivity contribution in [2.24, 2.45) is 0 Å². The van der Waals surface area contributed by atoms with Gasteiger partial charge < -0.3 is 24.2 Å². The third-order valence-electron chi connectivity index (χ3n) is 6.47. The minimum atomic E-state index is -0.0748. The number of pyridine rings is 1. The van der Waals surface area contributed by atoms with Gasteiger partial charge >= 0.3 is 6.03 Å². The van der Waals surface area contributed by atoms with Crippen molar-refractivity contribution in [2.45, 2.75) is 43.7 Å². The lowest BCUT2D eigenvalue weighted by atomic mass is 9.91. The second kappa shape index (κ2) is 7.81. The molecule has 2 bridgehead atoms. The van der Waals surface area contributed by atoms with Gasteiger partial charge in [0.25, 0.3) is 0 Å². The Morgan fingerprint density at radius 2 is 1.88 bits per heavy atom. The Balaban J connectivity index is 1.14. The van der Waals surface area contributed by atoms with Gasteiger partial charge in [0.15, 0.2) is 11.5 Å². The van der Waals surface area contributed by atoms with Gasteiger partial charge in [0.2, 0.25) is 11.7 Å². The first-order chi connectivity index (χ1) is 15.7. The number of hydrogen-bond acceptors (Lipinski definition) is 7. The van der Waals surface area contributed by atoms with Crippen LogP contribution in [0.4, 0.5) is 10.5 Å². The van der Waals surface area contributed by atoms with E-state index in [2.05, 4.69) is 20.4 Å². The fraction of sp³-hybridized carbons (Fsp3) is 0.391. The Labute approximate surface area is 184 Å². The molecule has 1 N–H and O–H groups in total. The van der Waals surface area contributed by atoms with Gasteiger partial charge in [-0.15, -0.1) is 0 Å². The van der Waals surface area contributed by atoms with E-state index in [0.717, 1.165) is 31.2 Å². The smallest absolute Gasteiger partial charge is 0.322 e. The molecule has 9 nitrogen and oxygen atoms in total. The van der Waals surface area contributed by atoms with E-state index in [-0.39, 0.29) is 24.0 Å². The Kier molecular flexibility index (Phi) is 4.66. The molecule has 9 heteroatoms. The summed E-state index contributed by atoms with van der Waals surface area (Å²) in [6.07, 6.45) is 7.05. The molecule has 2 saturated heterocycles. The van der Waals surface area contributed by atoms with Crippen LogP contribution < -0.4 is 14.8 Å². The molecule has 2 aromatic heterocycles. The lowest BCUT2D eigenvalue weighted by molar-refractivity contribution is 0.140. The summed E-state index contributed by atoms with van der Waals surface area (Å²) in [5.74, 6) is 2.73. The molecule has 6 rings (SSSR count). The van der Waals surface area contributed by atoms with Crippen LogP contribution in [0.1, 0.15) is 37.5 Å². The topological polar surface area (TPSA) is 103 Å². The van der Waals surface area contributed by atoms with E-state index in [4.69, 9.17) is 14.0 Å². The Morgan fingerprint density at radius 3 is 2.66 bits per heavy atom. The maximum absolute atomic E-state index is 13.1. The number of aromatic nitrogens is 3. The van der Waals surface area contributed by atoms with Crippen molar-refractivity contribution in [3.05, 3.63) is 48.6 Å². The van der Waals surface area contributed by atoms with Crippen LogP contribution in [0, 0.1) is 0 Å². The lowest BCUT2D eigenvalue weighted by Crippen LogP contribution is -2.48. The highest BCUT2D eigenvalue weighted by Crippen LogP contribution is 2.43. The van der Waals surface area contributed by atoms with Crippen molar-refractivity contribution in [3.63, 3.8) is 0 Å². The molecule has 3 aliphatic rings. The second-order valence-corrected chi connectivity index (χ2v) is 8.45. The molecule has 2 fully saturated rings. The number of anilines is 1. The SMILES string of the molecule is O=C(Nc1ccc2c(c1)OCCO2)N1C2CCC1CC(c1nc(-c3cccnc3)no1)C2. The number of nitrogens with zero attached hydrogens (tertiary/aromatic N) is 4. The Morgan fingerprint density at radius 1 is 1.06 bits per heavy atom. The first-order valence-corrected chi connectivity index (χ1v) is 11.0. The molecule has 0 aliphatic carbocycles. The van der Waals surface area contributed by atoms with Gasteiger partial charge in [-0.3, -0.25) is 4.98 Å². The van der Waals surface area contributed by atoms with Gasteiger partial charge in [-0.1, -0.05) is 5.16 Å². The van der Waals surface area contributed by atoms with E-state index in [1.54, 1.807) is 12.4 Å². The maximum Gasteiger partial charge on any atom is 0.322 e. The number of fused-ring (bicyclic) bond motifs is 3. The van der Waals surface area contributed by atoms with Crippen LogP contribution in [-0.2, 0) is 0 Å². The normalized spacial score (nSPS) is 23.8.